The molecule has 1 heterocycles. The topological polar surface area (TPSA) is 88.9 Å². The van der Waals surface area contributed by atoms with Crippen molar-refractivity contribution in [2.24, 2.45) is 0 Å². The van der Waals surface area contributed by atoms with Crippen molar-refractivity contribution >= 4 is 28.6 Å². The van der Waals surface area contributed by atoms with Gasteiger partial charge in [-0.05, 0) is 35.9 Å². The molecule has 108 valence electrons. The maximum absolute atomic E-state index is 12.1. The highest BCUT2D eigenvalue weighted by Gasteiger charge is 2.08. The van der Waals surface area contributed by atoms with Gasteiger partial charge in [0.2, 0.25) is 5.78 Å². The maximum atomic E-state index is 12.1. The number of H-pyrrole nitrogens is 1. The summed E-state index contributed by atoms with van der Waals surface area (Å²) in [5.74, 6) is 0.00825. The number of nitrogens with one attached hydrogen (secondary N) is 1. The second-order valence-corrected chi connectivity index (χ2v) is 4.65. The van der Waals surface area contributed by atoms with E-state index in [1.165, 1.54) is 18.2 Å². The molecule has 0 aliphatic rings. The lowest BCUT2D eigenvalue weighted by molar-refractivity contribution is -0.384. The van der Waals surface area contributed by atoms with E-state index in [1.54, 1.807) is 18.2 Å². The van der Waals surface area contributed by atoms with E-state index in [9.17, 15) is 14.9 Å². The first-order valence-corrected chi connectivity index (χ1v) is 6.55. The van der Waals surface area contributed by atoms with Crippen molar-refractivity contribution in [3.05, 3.63) is 76.1 Å². The lowest BCUT2D eigenvalue weighted by Crippen LogP contribution is -1.96. The number of aromatic amines is 1. The maximum Gasteiger partial charge on any atom is 0.269 e. The Morgan fingerprint density at radius 3 is 2.55 bits per heavy atom. The van der Waals surface area contributed by atoms with Crippen LogP contribution in [0.15, 0.2) is 54.6 Å². The summed E-state index contributed by atoms with van der Waals surface area (Å²) >= 11 is 0. The molecular weight excluding hydrogens is 282 g/mol. The van der Waals surface area contributed by atoms with Gasteiger partial charge in [-0.2, -0.15) is 0 Å². The zero-order valence-corrected chi connectivity index (χ0v) is 11.4. The molecule has 0 saturated heterocycles. The van der Waals surface area contributed by atoms with Crippen molar-refractivity contribution in [2.75, 3.05) is 0 Å². The fourth-order valence-electron chi connectivity index (χ4n) is 2.03. The highest BCUT2D eigenvalue weighted by molar-refractivity contribution is 6.05. The third-order valence-electron chi connectivity index (χ3n) is 3.15. The van der Waals surface area contributed by atoms with Crippen LogP contribution in [0, 0.1) is 10.1 Å². The number of ketones is 1. The number of allylic oxidation sites excluding steroid dienone is 1. The van der Waals surface area contributed by atoms with E-state index in [1.807, 2.05) is 24.3 Å². The first-order chi connectivity index (χ1) is 10.6. The third-order valence-corrected chi connectivity index (χ3v) is 3.15. The lowest BCUT2D eigenvalue weighted by atomic mass is 10.2. The zero-order valence-electron chi connectivity index (χ0n) is 11.4. The van der Waals surface area contributed by atoms with Crippen LogP contribution < -0.4 is 0 Å². The molecule has 0 aliphatic heterocycles. The van der Waals surface area contributed by atoms with Gasteiger partial charge in [0.15, 0.2) is 5.82 Å². The molecule has 6 heteroatoms. The molecule has 2 aromatic carbocycles. The van der Waals surface area contributed by atoms with Gasteiger partial charge < -0.3 is 4.98 Å². The van der Waals surface area contributed by atoms with Crippen molar-refractivity contribution in [1.29, 1.82) is 0 Å². The van der Waals surface area contributed by atoms with E-state index >= 15 is 0 Å². The minimum absolute atomic E-state index is 0.0146. The van der Waals surface area contributed by atoms with E-state index < -0.39 is 4.92 Å². The standard InChI is InChI=1S/C16H11N3O3/c20-15(16-17-13-3-1-2-4-14(13)18-16)10-7-11-5-8-12(9-6-11)19(21)22/h1-10H,(H,17,18). The van der Waals surface area contributed by atoms with Gasteiger partial charge in [0.25, 0.3) is 5.69 Å². The Morgan fingerprint density at radius 1 is 1.14 bits per heavy atom. The largest absolute Gasteiger partial charge is 0.335 e. The van der Waals surface area contributed by atoms with Crippen molar-refractivity contribution in [1.82, 2.24) is 9.97 Å². The van der Waals surface area contributed by atoms with Gasteiger partial charge in [-0.3, -0.25) is 14.9 Å². The Hall–Kier alpha value is -3.28. The predicted octanol–water partition coefficient (Wildman–Crippen LogP) is 3.37. The number of nitrogens with zero attached hydrogens (tertiary/aromatic N) is 2. The molecule has 0 fully saturated rings. The van der Waals surface area contributed by atoms with Crippen LogP contribution in [0.25, 0.3) is 17.1 Å². The van der Waals surface area contributed by atoms with Crippen molar-refractivity contribution in [3.63, 3.8) is 0 Å². The Morgan fingerprint density at radius 2 is 1.86 bits per heavy atom. The lowest BCUT2D eigenvalue weighted by Gasteiger charge is -1.93. The minimum Gasteiger partial charge on any atom is -0.335 e. The number of nitro groups is 1. The van der Waals surface area contributed by atoms with Crippen LogP contribution in [-0.4, -0.2) is 20.7 Å². The molecule has 1 N–H and O–H groups in total. The number of hydrogen-bond acceptors (Lipinski definition) is 4. The van der Waals surface area contributed by atoms with Gasteiger partial charge in [0, 0.05) is 12.1 Å². The average molecular weight is 293 g/mol. The summed E-state index contributed by atoms with van der Waals surface area (Å²) in [6.07, 6.45) is 2.98. The molecule has 6 nitrogen and oxygen atoms in total. The molecule has 0 saturated carbocycles. The van der Waals surface area contributed by atoms with Crippen LogP contribution in [-0.2, 0) is 0 Å². The van der Waals surface area contributed by atoms with Gasteiger partial charge in [-0.15, -0.1) is 0 Å². The first kappa shape index (κ1) is 13.7. The number of para-hydroxylation sites is 2. The average Bonchev–Trinajstić information content (AvgIpc) is 2.97. The summed E-state index contributed by atoms with van der Waals surface area (Å²) in [5.41, 5.74) is 2.25. The molecule has 0 radical (unpaired) electrons. The van der Waals surface area contributed by atoms with Crippen LogP contribution in [0.3, 0.4) is 0 Å². The van der Waals surface area contributed by atoms with Gasteiger partial charge in [-0.25, -0.2) is 4.98 Å². The molecule has 0 bridgehead atoms. The normalized spacial score (nSPS) is 11.1. The number of hydrogen-bond donors (Lipinski definition) is 1. The number of rotatable bonds is 4. The summed E-state index contributed by atoms with van der Waals surface area (Å²) in [4.78, 5) is 29.3. The van der Waals surface area contributed by atoms with Gasteiger partial charge >= 0.3 is 0 Å². The summed E-state index contributed by atoms with van der Waals surface area (Å²) < 4.78 is 0. The SMILES string of the molecule is O=C(C=Cc1ccc([N+](=O)[O-])cc1)c1nc2ccccc2[nH]1. The van der Waals surface area contributed by atoms with E-state index in [0.29, 0.717) is 5.56 Å². The number of non-ortho nitro benzene ring substituents is 1. The molecule has 22 heavy (non-hydrogen) atoms. The number of nitro benzene ring substituents is 1. The minimum atomic E-state index is -0.465. The number of carbonyl (C=O) groups excluding carboxylic acids is 1. The Balaban J connectivity index is 1.79. The molecule has 0 spiro atoms. The number of benzene rings is 2. The van der Waals surface area contributed by atoms with Gasteiger partial charge in [0.1, 0.15) is 0 Å². The van der Waals surface area contributed by atoms with Crippen molar-refractivity contribution in [3.8, 4) is 0 Å². The quantitative estimate of drug-likeness (QED) is 0.345. The molecule has 3 rings (SSSR count). The third kappa shape index (κ3) is 2.76. The summed E-state index contributed by atoms with van der Waals surface area (Å²) in [7, 11) is 0. The molecule has 0 atom stereocenters. The van der Waals surface area contributed by atoms with Gasteiger partial charge in [-0.1, -0.05) is 18.2 Å². The number of imidazole rings is 1. The second kappa shape index (κ2) is 5.61. The molecular formula is C16H11N3O3. The Labute approximate surface area is 125 Å². The van der Waals surface area contributed by atoms with E-state index in [-0.39, 0.29) is 17.3 Å². The Kier molecular flexibility index (Phi) is 3.49. The van der Waals surface area contributed by atoms with Crippen LogP contribution in [0.5, 0.6) is 0 Å². The molecule has 1 aromatic heterocycles. The van der Waals surface area contributed by atoms with E-state index in [2.05, 4.69) is 9.97 Å². The summed E-state index contributed by atoms with van der Waals surface area (Å²) in [5, 5.41) is 10.6. The van der Waals surface area contributed by atoms with Gasteiger partial charge in [0.05, 0.1) is 16.0 Å². The summed E-state index contributed by atoms with van der Waals surface area (Å²) in [6, 6.07) is 13.3. The Bertz CT molecular complexity index is 846. The fourth-order valence-corrected chi connectivity index (χ4v) is 2.03. The van der Waals surface area contributed by atoms with Crippen LogP contribution in [0.1, 0.15) is 16.2 Å². The van der Waals surface area contributed by atoms with E-state index in [4.69, 9.17) is 0 Å². The van der Waals surface area contributed by atoms with Crippen LogP contribution >= 0.6 is 0 Å². The number of fused-ring (bicyclic) bond motifs is 1. The molecule has 0 amide bonds. The molecule has 3 aromatic rings. The van der Waals surface area contributed by atoms with Crippen molar-refractivity contribution < 1.29 is 9.72 Å². The summed E-state index contributed by atoms with van der Waals surface area (Å²) in [6.45, 7) is 0. The fraction of sp³-hybridized carbons (Fsp3) is 0. The first-order valence-electron chi connectivity index (χ1n) is 6.55. The van der Waals surface area contributed by atoms with E-state index in [0.717, 1.165) is 11.0 Å². The molecule has 0 aliphatic carbocycles. The molecule has 0 unspecified atom stereocenters. The zero-order chi connectivity index (χ0) is 15.5. The van der Waals surface area contributed by atoms with Crippen LogP contribution in [0.4, 0.5) is 5.69 Å². The smallest absolute Gasteiger partial charge is 0.269 e. The highest BCUT2D eigenvalue weighted by Crippen LogP contribution is 2.14. The monoisotopic (exact) mass is 293 g/mol. The second-order valence-electron chi connectivity index (χ2n) is 4.65. The number of aromatic nitrogens is 2. The van der Waals surface area contributed by atoms with Crippen molar-refractivity contribution in [2.45, 2.75) is 0 Å². The highest BCUT2D eigenvalue weighted by atomic mass is 16.6. The number of carbonyl (C=O) groups is 1. The predicted molar refractivity (Wildman–Crippen MR) is 82.6 cm³/mol. The van der Waals surface area contributed by atoms with Crippen LogP contribution in [0.2, 0.25) is 0 Å².